The van der Waals surface area contributed by atoms with E-state index in [0.29, 0.717) is 29.7 Å². The zero-order valence-electron chi connectivity index (χ0n) is 17.5. The molecule has 1 aliphatic heterocycles. The van der Waals surface area contributed by atoms with Gasteiger partial charge in [0.2, 0.25) is 0 Å². The van der Waals surface area contributed by atoms with E-state index < -0.39 is 15.4 Å². The van der Waals surface area contributed by atoms with Crippen LogP contribution in [0, 0.1) is 11.3 Å². The average molecular weight is 432 g/mol. The Morgan fingerprint density at radius 2 is 2.10 bits per heavy atom. The summed E-state index contributed by atoms with van der Waals surface area (Å²) in [5.41, 5.74) is -0.542. The molecular weight excluding hydrogens is 406 g/mol. The van der Waals surface area contributed by atoms with E-state index in [2.05, 4.69) is 15.3 Å². The summed E-state index contributed by atoms with van der Waals surface area (Å²) in [5.74, 6) is 0.481. The molecule has 0 spiro atoms. The van der Waals surface area contributed by atoms with Crippen LogP contribution in [0.5, 0.6) is 0 Å². The van der Waals surface area contributed by atoms with Gasteiger partial charge in [-0.2, -0.15) is 5.26 Å². The summed E-state index contributed by atoms with van der Waals surface area (Å²) in [6.45, 7) is 6.56. The third-order valence-corrected chi connectivity index (χ3v) is 5.58. The Balaban J connectivity index is 1.84. The standard InChI is InChI=1S/C20H25N5O4S/c1-20(2,3)29-19(26)25-7-5-6-14(12-25)23-17-9-16-13(11-22-17)8-15(10-21)24-18(16)30(4,27)28/h8-9,11,14H,5-7,12H2,1-4H3,(H,22,23)/t14-/m0/s1. The first kappa shape index (κ1) is 21.8. The normalized spacial score (nSPS) is 17.4. The Labute approximate surface area is 176 Å². The van der Waals surface area contributed by atoms with Crippen molar-refractivity contribution in [1.82, 2.24) is 14.9 Å². The predicted octanol–water partition coefficient (Wildman–Crippen LogP) is 2.72. The molecule has 0 bridgehead atoms. The molecule has 0 unspecified atom stereocenters. The zero-order valence-corrected chi connectivity index (χ0v) is 18.3. The van der Waals surface area contributed by atoms with Crippen molar-refractivity contribution in [2.75, 3.05) is 24.7 Å². The number of ether oxygens (including phenoxy) is 1. The van der Waals surface area contributed by atoms with Crippen LogP contribution >= 0.6 is 0 Å². The van der Waals surface area contributed by atoms with Crippen molar-refractivity contribution in [3.05, 3.63) is 24.0 Å². The number of carbonyl (C=O) groups excluding carboxylic acids is 1. The highest BCUT2D eigenvalue weighted by molar-refractivity contribution is 7.90. The molecule has 1 atom stereocenters. The summed E-state index contributed by atoms with van der Waals surface area (Å²) in [6.07, 6.45) is 3.87. The molecule has 3 rings (SSSR count). The number of nitriles is 1. The number of carbonyl (C=O) groups is 1. The molecule has 0 radical (unpaired) electrons. The number of sulfone groups is 1. The molecule has 3 heterocycles. The summed E-state index contributed by atoms with van der Waals surface area (Å²) < 4.78 is 29.8. The lowest BCUT2D eigenvalue weighted by molar-refractivity contribution is 0.0206. The number of nitrogens with zero attached hydrogens (tertiary/aromatic N) is 4. The maximum atomic E-state index is 12.4. The van der Waals surface area contributed by atoms with E-state index in [1.807, 2.05) is 26.8 Å². The molecular formula is C20H25N5O4S. The number of piperidine rings is 1. The second kappa shape index (κ2) is 8.07. The lowest BCUT2D eigenvalue weighted by Crippen LogP contribution is -2.47. The van der Waals surface area contributed by atoms with Crippen LogP contribution in [0.25, 0.3) is 10.8 Å². The molecule has 1 N–H and O–H groups in total. The van der Waals surface area contributed by atoms with Gasteiger partial charge in [-0.15, -0.1) is 0 Å². The Kier molecular flexibility index (Phi) is 5.85. The van der Waals surface area contributed by atoms with Crippen molar-refractivity contribution in [3.63, 3.8) is 0 Å². The Morgan fingerprint density at radius 1 is 1.37 bits per heavy atom. The molecule has 0 saturated carbocycles. The number of likely N-dealkylation sites (tertiary alicyclic amines) is 1. The number of amides is 1. The lowest BCUT2D eigenvalue weighted by Gasteiger charge is -2.34. The molecule has 2 aromatic heterocycles. The average Bonchev–Trinajstić information content (AvgIpc) is 2.65. The monoisotopic (exact) mass is 431 g/mol. The van der Waals surface area contributed by atoms with Gasteiger partial charge in [0.25, 0.3) is 0 Å². The minimum absolute atomic E-state index is 0.0192. The topological polar surface area (TPSA) is 125 Å². The molecule has 1 saturated heterocycles. The van der Waals surface area contributed by atoms with Crippen molar-refractivity contribution in [1.29, 1.82) is 5.26 Å². The van der Waals surface area contributed by atoms with Gasteiger partial charge in [-0.05, 0) is 45.7 Å². The van der Waals surface area contributed by atoms with Gasteiger partial charge in [0, 0.05) is 42.4 Å². The van der Waals surface area contributed by atoms with Crippen molar-refractivity contribution >= 4 is 32.5 Å². The van der Waals surface area contributed by atoms with Gasteiger partial charge in [0.05, 0.1) is 0 Å². The third kappa shape index (κ3) is 5.16. The van der Waals surface area contributed by atoms with Crippen LogP contribution < -0.4 is 5.32 Å². The maximum absolute atomic E-state index is 12.4. The predicted molar refractivity (Wildman–Crippen MR) is 112 cm³/mol. The Hall–Kier alpha value is -2.93. The van der Waals surface area contributed by atoms with E-state index in [1.165, 1.54) is 12.3 Å². The van der Waals surface area contributed by atoms with Gasteiger partial charge in [0.15, 0.2) is 14.9 Å². The molecule has 30 heavy (non-hydrogen) atoms. The summed E-state index contributed by atoms with van der Waals surface area (Å²) in [7, 11) is -3.64. The number of nitrogens with one attached hydrogen (secondary N) is 1. The smallest absolute Gasteiger partial charge is 0.410 e. The molecule has 1 amide bonds. The molecule has 2 aromatic rings. The minimum atomic E-state index is -3.64. The molecule has 0 aliphatic carbocycles. The lowest BCUT2D eigenvalue weighted by atomic mass is 10.1. The van der Waals surface area contributed by atoms with Crippen LogP contribution in [-0.2, 0) is 14.6 Å². The number of pyridine rings is 2. The van der Waals surface area contributed by atoms with Crippen molar-refractivity contribution < 1.29 is 17.9 Å². The first-order valence-electron chi connectivity index (χ1n) is 9.62. The zero-order chi connectivity index (χ0) is 22.1. The first-order valence-corrected chi connectivity index (χ1v) is 11.5. The van der Waals surface area contributed by atoms with Crippen LogP contribution in [-0.4, -0.2) is 60.4 Å². The van der Waals surface area contributed by atoms with E-state index in [4.69, 9.17) is 10.00 Å². The van der Waals surface area contributed by atoms with Gasteiger partial charge in [-0.1, -0.05) is 0 Å². The van der Waals surface area contributed by atoms with E-state index in [1.54, 1.807) is 11.0 Å². The third-order valence-electron chi connectivity index (χ3n) is 4.57. The number of rotatable bonds is 3. The Morgan fingerprint density at radius 3 is 2.73 bits per heavy atom. The van der Waals surface area contributed by atoms with Gasteiger partial charge < -0.3 is 15.0 Å². The van der Waals surface area contributed by atoms with E-state index in [0.717, 1.165) is 19.1 Å². The fourth-order valence-corrected chi connectivity index (χ4v) is 4.17. The van der Waals surface area contributed by atoms with Crippen molar-refractivity contribution in [2.45, 2.75) is 50.3 Å². The van der Waals surface area contributed by atoms with Crippen molar-refractivity contribution in [2.24, 2.45) is 0 Å². The van der Waals surface area contributed by atoms with Gasteiger partial charge in [-0.3, -0.25) is 0 Å². The largest absolute Gasteiger partial charge is 0.444 e. The quantitative estimate of drug-likeness (QED) is 0.786. The van der Waals surface area contributed by atoms with Crippen LogP contribution in [0.1, 0.15) is 39.3 Å². The first-order chi connectivity index (χ1) is 14.0. The molecule has 1 fully saturated rings. The van der Waals surface area contributed by atoms with Crippen LogP contribution in [0.3, 0.4) is 0 Å². The minimum Gasteiger partial charge on any atom is -0.444 e. The highest BCUT2D eigenvalue weighted by Gasteiger charge is 2.28. The Bertz CT molecular complexity index is 1120. The van der Waals surface area contributed by atoms with E-state index in [9.17, 15) is 13.2 Å². The van der Waals surface area contributed by atoms with E-state index >= 15 is 0 Å². The molecule has 1 aliphatic rings. The molecule has 0 aromatic carbocycles. The second-order valence-electron chi connectivity index (χ2n) is 8.40. The molecule has 9 nitrogen and oxygen atoms in total. The fourth-order valence-electron chi connectivity index (χ4n) is 3.33. The highest BCUT2D eigenvalue weighted by atomic mass is 32.2. The summed E-state index contributed by atoms with van der Waals surface area (Å²) >= 11 is 0. The summed E-state index contributed by atoms with van der Waals surface area (Å²) in [4.78, 5) is 22.3. The number of hydrogen-bond acceptors (Lipinski definition) is 8. The number of anilines is 1. The maximum Gasteiger partial charge on any atom is 0.410 e. The fraction of sp³-hybridized carbons (Fsp3) is 0.500. The molecule has 10 heteroatoms. The summed E-state index contributed by atoms with van der Waals surface area (Å²) in [5, 5.41) is 13.2. The van der Waals surface area contributed by atoms with E-state index in [-0.39, 0.29) is 22.9 Å². The van der Waals surface area contributed by atoms with Crippen molar-refractivity contribution in [3.8, 4) is 6.07 Å². The van der Waals surface area contributed by atoms with Crippen LogP contribution in [0.2, 0.25) is 0 Å². The van der Waals surface area contributed by atoms with Gasteiger partial charge in [0.1, 0.15) is 23.2 Å². The number of fused-ring (bicyclic) bond motifs is 1. The van der Waals surface area contributed by atoms with Crippen LogP contribution in [0.15, 0.2) is 23.4 Å². The second-order valence-corrected chi connectivity index (χ2v) is 10.3. The van der Waals surface area contributed by atoms with Crippen LogP contribution in [0.4, 0.5) is 10.6 Å². The summed E-state index contributed by atoms with van der Waals surface area (Å²) in [6, 6.07) is 4.95. The number of hydrogen-bond donors (Lipinski definition) is 1. The van der Waals surface area contributed by atoms with Gasteiger partial charge >= 0.3 is 6.09 Å². The SMILES string of the molecule is CC(C)(C)OC(=O)N1CCC[C@H](Nc2cc3c(S(C)(=O)=O)nc(C#N)cc3cn2)C1. The molecule has 160 valence electrons. The highest BCUT2D eigenvalue weighted by Crippen LogP contribution is 2.25. The van der Waals surface area contributed by atoms with Gasteiger partial charge in [-0.25, -0.2) is 23.2 Å². The number of aromatic nitrogens is 2.